The summed E-state index contributed by atoms with van der Waals surface area (Å²) >= 11 is 6.25. The Morgan fingerprint density at radius 1 is 1.27 bits per heavy atom. The van der Waals surface area contributed by atoms with E-state index in [0.717, 1.165) is 36.1 Å². The van der Waals surface area contributed by atoms with Crippen molar-refractivity contribution < 1.29 is 4.79 Å². The molecule has 8 heteroatoms. The number of carbonyl (C=O) groups excluding carboxylic acids is 1. The Bertz CT molecular complexity index is 1020. The fraction of sp³-hybridized carbons (Fsp3) is 0.364. The molecule has 0 aliphatic carbocycles. The first-order chi connectivity index (χ1) is 14.5. The topological polar surface area (TPSA) is 67.2 Å². The smallest absolute Gasteiger partial charge is 0.244 e. The molecule has 1 aromatic carbocycles. The summed E-state index contributed by atoms with van der Waals surface area (Å²) in [7, 11) is 3.83. The van der Waals surface area contributed by atoms with E-state index in [2.05, 4.69) is 10.1 Å². The summed E-state index contributed by atoms with van der Waals surface area (Å²) in [4.78, 5) is 26.4. The number of aromatic nitrogens is 4. The van der Waals surface area contributed by atoms with Gasteiger partial charge in [0, 0.05) is 49.8 Å². The molecule has 1 fully saturated rings. The average molecular weight is 425 g/mol. The van der Waals surface area contributed by atoms with Gasteiger partial charge in [-0.25, -0.2) is 9.97 Å². The van der Waals surface area contributed by atoms with Gasteiger partial charge in [-0.1, -0.05) is 23.7 Å². The van der Waals surface area contributed by atoms with Gasteiger partial charge in [-0.3, -0.25) is 9.48 Å². The van der Waals surface area contributed by atoms with E-state index in [-0.39, 0.29) is 18.5 Å². The molecule has 1 atom stereocenters. The molecule has 7 nitrogen and oxygen atoms in total. The van der Waals surface area contributed by atoms with Crippen LogP contribution in [0.25, 0.3) is 11.1 Å². The minimum atomic E-state index is -0.113. The molecule has 1 amide bonds. The molecule has 1 aliphatic heterocycles. The summed E-state index contributed by atoms with van der Waals surface area (Å²) in [6.07, 6.45) is 8.23. The van der Waals surface area contributed by atoms with Crippen molar-refractivity contribution in [2.75, 3.05) is 25.5 Å². The van der Waals surface area contributed by atoms with E-state index in [1.54, 1.807) is 10.9 Å². The molecule has 0 radical (unpaired) electrons. The van der Waals surface area contributed by atoms with Crippen LogP contribution in [-0.2, 0) is 11.3 Å². The molecule has 3 aromatic rings. The highest BCUT2D eigenvalue weighted by Gasteiger charge is 2.31. The van der Waals surface area contributed by atoms with Crippen LogP contribution in [0.2, 0.25) is 5.02 Å². The third-order valence-electron chi connectivity index (χ3n) is 5.34. The first kappa shape index (κ1) is 20.3. The number of anilines is 1. The summed E-state index contributed by atoms with van der Waals surface area (Å²) in [5.74, 6) is 0.672. The van der Waals surface area contributed by atoms with Gasteiger partial charge in [0.25, 0.3) is 0 Å². The van der Waals surface area contributed by atoms with Crippen LogP contribution in [0.5, 0.6) is 0 Å². The van der Waals surface area contributed by atoms with E-state index in [9.17, 15) is 4.79 Å². The minimum Gasteiger partial charge on any atom is -0.347 e. The zero-order chi connectivity index (χ0) is 21.1. The number of halogens is 1. The molecule has 0 saturated carbocycles. The molecule has 1 aliphatic rings. The Morgan fingerprint density at radius 2 is 2.13 bits per heavy atom. The van der Waals surface area contributed by atoms with Crippen LogP contribution in [0.15, 0.2) is 48.9 Å². The fourth-order valence-corrected chi connectivity index (χ4v) is 4.06. The molecule has 156 valence electrons. The lowest BCUT2D eigenvalue weighted by molar-refractivity contribution is -0.136. The minimum absolute atomic E-state index is 0.0467. The van der Waals surface area contributed by atoms with Gasteiger partial charge in [-0.05, 0) is 43.0 Å². The van der Waals surface area contributed by atoms with Crippen molar-refractivity contribution in [2.45, 2.75) is 31.8 Å². The van der Waals surface area contributed by atoms with Gasteiger partial charge >= 0.3 is 0 Å². The van der Waals surface area contributed by atoms with Gasteiger partial charge in [0.15, 0.2) is 0 Å². The van der Waals surface area contributed by atoms with Crippen molar-refractivity contribution in [3.05, 3.63) is 59.6 Å². The van der Waals surface area contributed by atoms with E-state index < -0.39 is 0 Å². The van der Waals surface area contributed by atoms with Crippen LogP contribution < -0.4 is 4.90 Å². The number of likely N-dealkylation sites (tertiary alicyclic amines) is 1. The quantitative estimate of drug-likeness (QED) is 0.623. The number of benzene rings is 1. The molecule has 3 heterocycles. The van der Waals surface area contributed by atoms with E-state index in [1.165, 1.54) is 0 Å². The highest BCUT2D eigenvalue weighted by atomic mass is 35.5. The summed E-state index contributed by atoms with van der Waals surface area (Å²) in [5.41, 5.74) is 2.73. The average Bonchev–Trinajstić information content (AvgIpc) is 3.26. The van der Waals surface area contributed by atoms with Gasteiger partial charge < -0.3 is 9.80 Å². The largest absolute Gasteiger partial charge is 0.347 e. The number of carbonyl (C=O) groups is 1. The molecule has 0 spiro atoms. The molecule has 2 aromatic heterocycles. The predicted molar refractivity (Wildman–Crippen MR) is 117 cm³/mol. The maximum Gasteiger partial charge on any atom is 0.244 e. The monoisotopic (exact) mass is 424 g/mol. The van der Waals surface area contributed by atoms with Crippen LogP contribution in [0.3, 0.4) is 0 Å². The maximum atomic E-state index is 13.2. The van der Waals surface area contributed by atoms with Crippen molar-refractivity contribution in [3.63, 3.8) is 0 Å². The lowest BCUT2D eigenvalue weighted by atomic mass is 9.93. The van der Waals surface area contributed by atoms with Crippen LogP contribution in [0.4, 0.5) is 5.95 Å². The molecule has 30 heavy (non-hydrogen) atoms. The van der Waals surface area contributed by atoms with Crippen molar-refractivity contribution in [2.24, 2.45) is 0 Å². The van der Waals surface area contributed by atoms with E-state index in [4.69, 9.17) is 16.6 Å². The summed E-state index contributed by atoms with van der Waals surface area (Å²) in [6.45, 7) is 0.933. The van der Waals surface area contributed by atoms with Gasteiger partial charge in [0.1, 0.15) is 6.54 Å². The number of nitrogens with zero attached hydrogens (tertiary/aromatic N) is 6. The first-order valence-electron chi connectivity index (χ1n) is 10.1. The molecule has 0 bridgehead atoms. The van der Waals surface area contributed by atoms with Crippen LogP contribution >= 0.6 is 11.6 Å². The molecule has 1 saturated heterocycles. The number of hydrogen-bond donors (Lipinski definition) is 0. The lowest BCUT2D eigenvalue weighted by Crippen LogP contribution is -2.41. The summed E-state index contributed by atoms with van der Waals surface area (Å²) < 4.78 is 1.66. The van der Waals surface area contributed by atoms with Gasteiger partial charge in [0.2, 0.25) is 11.9 Å². The van der Waals surface area contributed by atoms with Crippen LogP contribution in [-0.4, -0.2) is 51.2 Å². The highest BCUT2D eigenvalue weighted by Crippen LogP contribution is 2.37. The number of amides is 1. The maximum absolute atomic E-state index is 13.2. The van der Waals surface area contributed by atoms with Crippen molar-refractivity contribution >= 4 is 23.5 Å². The predicted octanol–water partition coefficient (Wildman–Crippen LogP) is 3.81. The van der Waals surface area contributed by atoms with Gasteiger partial charge in [0.05, 0.1) is 11.7 Å². The zero-order valence-corrected chi connectivity index (χ0v) is 18.0. The lowest BCUT2D eigenvalue weighted by Gasteiger charge is -2.36. The third kappa shape index (κ3) is 4.31. The molecule has 0 N–H and O–H groups in total. The fourth-order valence-electron chi connectivity index (χ4n) is 3.87. The second-order valence-electron chi connectivity index (χ2n) is 7.68. The normalized spacial score (nSPS) is 16.5. The highest BCUT2D eigenvalue weighted by molar-refractivity contribution is 6.30. The molecular weight excluding hydrogens is 400 g/mol. The second-order valence-corrected chi connectivity index (χ2v) is 8.11. The summed E-state index contributed by atoms with van der Waals surface area (Å²) in [6, 6.07) is 9.40. The van der Waals surface area contributed by atoms with Gasteiger partial charge in [-0.2, -0.15) is 5.10 Å². The van der Waals surface area contributed by atoms with Crippen LogP contribution in [0.1, 0.15) is 31.0 Å². The SMILES string of the molecule is CN(C)c1ncc(-c2cccc(Cl)c2)c([C@@H]2CCCCN2C(=O)Cn2cccn2)n1. The Balaban J connectivity index is 1.75. The number of rotatable bonds is 5. The zero-order valence-electron chi connectivity index (χ0n) is 17.2. The second kappa shape index (κ2) is 8.83. The van der Waals surface area contributed by atoms with E-state index >= 15 is 0 Å². The van der Waals surface area contributed by atoms with E-state index in [1.807, 2.05) is 66.6 Å². The number of piperidine rings is 1. The molecular formula is C22H25ClN6O. The Hall–Kier alpha value is -2.93. The summed E-state index contributed by atoms with van der Waals surface area (Å²) in [5, 5.41) is 4.84. The Kier molecular flexibility index (Phi) is 5.99. The van der Waals surface area contributed by atoms with Crippen molar-refractivity contribution in [1.29, 1.82) is 0 Å². The van der Waals surface area contributed by atoms with E-state index in [0.29, 0.717) is 17.5 Å². The molecule has 4 rings (SSSR count). The standard InChI is InChI=1S/C22H25ClN6O/c1-27(2)22-24-14-18(16-7-5-8-17(23)13-16)21(26-22)19-9-3-4-12-29(19)20(30)15-28-11-6-10-25-28/h5-8,10-11,13-14,19H,3-4,9,12,15H2,1-2H3/t19-/m0/s1. The number of hydrogen-bond acceptors (Lipinski definition) is 5. The van der Waals surface area contributed by atoms with Gasteiger partial charge in [-0.15, -0.1) is 0 Å². The Morgan fingerprint density at radius 3 is 2.87 bits per heavy atom. The van der Waals surface area contributed by atoms with Crippen LogP contribution in [0, 0.1) is 0 Å². The first-order valence-corrected chi connectivity index (χ1v) is 10.5. The van der Waals surface area contributed by atoms with Crippen molar-refractivity contribution in [3.8, 4) is 11.1 Å². The Labute approximate surface area is 181 Å². The third-order valence-corrected chi connectivity index (χ3v) is 5.57. The van der Waals surface area contributed by atoms with Crippen molar-refractivity contribution in [1.82, 2.24) is 24.6 Å². The molecule has 0 unspecified atom stereocenters.